The highest BCUT2D eigenvalue weighted by molar-refractivity contribution is 5.40. The Kier molecular flexibility index (Phi) is 2.88. The van der Waals surface area contributed by atoms with Gasteiger partial charge in [0, 0.05) is 0 Å². The molecule has 114 valence electrons. The van der Waals surface area contributed by atoms with Crippen molar-refractivity contribution < 1.29 is 14.6 Å². The molecule has 4 rings (SSSR count). The summed E-state index contributed by atoms with van der Waals surface area (Å²) in [5.74, 6) is 1.59. The first-order chi connectivity index (χ1) is 10.0. The van der Waals surface area contributed by atoms with E-state index in [0.29, 0.717) is 29.9 Å². The van der Waals surface area contributed by atoms with Gasteiger partial charge in [-0.15, -0.1) is 0 Å². The zero-order chi connectivity index (χ0) is 14.8. The van der Waals surface area contributed by atoms with Crippen molar-refractivity contribution in [2.45, 2.75) is 57.2 Å². The number of benzene rings is 1. The summed E-state index contributed by atoms with van der Waals surface area (Å²) in [6, 6.07) is 5.72. The van der Waals surface area contributed by atoms with Gasteiger partial charge in [0.1, 0.15) is 11.9 Å². The summed E-state index contributed by atoms with van der Waals surface area (Å²) in [4.78, 5) is 0. The molecule has 0 bridgehead atoms. The molecule has 21 heavy (non-hydrogen) atoms. The number of hydrogen-bond donors (Lipinski definition) is 2. The van der Waals surface area contributed by atoms with E-state index in [2.05, 4.69) is 13.0 Å². The fraction of sp³-hybridized carbons (Fsp3) is 0.667. The third kappa shape index (κ3) is 1.79. The van der Waals surface area contributed by atoms with Crippen LogP contribution in [0.25, 0.3) is 0 Å². The Morgan fingerprint density at radius 3 is 2.90 bits per heavy atom. The standard InChI is InChI=1S/C18H23FO2/c1-18-7-6-13-12-5-3-11(20)8-10(12)2-4-14(13)15(18)9-16(19)17(18)21/h3,5,8,13-17,20-21H,2,4,6-7,9H2,1H3/t13-,14-,15+,16?,17?,18+/m1/s1/i19-1. The number of halogens is 1. The molecule has 0 saturated heterocycles. The van der Waals surface area contributed by atoms with Crippen molar-refractivity contribution in [2.75, 3.05) is 0 Å². The summed E-state index contributed by atoms with van der Waals surface area (Å²) in [7, 11) is 0. The summed E-state index contributed by atoms with van der Waals surface area (Å²) in [6.45, 7) is 2.09. The normalized spacial score (nSPS) is 44.8. The first kappa shape index (κ1) is 13.6. The predicted molar refractivity (Wildman–Crippen MR) is 79.0 cm³/mol. The number of rotatable bonds is 0. The van der Waals surface area contributed by atoms with Crippen molar-refractivity contribution in [2.24, 2.45) is 17.3 Å². The SMILES string of the molecule is C[C@]12CC[C@@H]3c4ccc(O)cc4CC[C@H]3[C@@H]1CC([18F])C2O. The zero-order valence-corrected chi connectivity index (χ0v) is 12.4. The van der Waals surface area contributed by atoms with Crippen LogP contribution in [0.15, 0.2) is 18.2 Å². The average molecular weight is 289 g/mol. The molecular weight excluding hydrogens is 266 g/mol. The number of aromatic hydroxyl groups is 1. The molecule has 2 N–H and O–H groups in total. The van der Waals surface area contributed by atoms with Crippen LogP contribution >= 0.6 is 0 Å². The maximum atomic E-state index is 14.1. The van der Waals surface area contributed by atoms with Crippen molar-refractivity contribution in [1.82, 2.24) is 0 Å². The quantitative estimate of drug-likeness (QED) is 0.766. The van der Waals surface area contributed by atoms with Crippen LogP contribution in [-0.2, 0) is 6.42 Å². The van der Waals surface area contributed by atoms with Gasteiger partial charge in [-0.3, -0.25) is 0 Å². The molecular formula is C18H23FO2. The lowest BCUT2D eigenvalue weighted by Gasteiger charge is -2.49. The van der Waals surface area contributed by atoms with Crippen LogP contribution in [0.5, 0.6) is 5.75 Å². The molecule has 6 atom stereocenters. The van der Waals surface area contributed by atoms with Crippen molar-refractivity contribution in [3.63, 3.8) is 0 Å². The van der Waals surface area contributed by atoms with Gasteiger partial charge in [-0.1, -0.05) is 13.0 Å². The number of alkyl halides is 1. The molecule has 1 aromatic carbocycles. The van der Waals surface area contributed by atoms with Gasteiger partial charge in [-0.25, -0.2) is 4.39 Å². The number of phenols is 1. The fourth-order valence-electron chi connectivity index (χ4n) is 5.51. The molecule has 2 nitrogen and oxygen atoms in total. The van der Waals surface area contributed by atoms with E-state index in [-0.39, 0.29) is 5.41 Å². The minimum Gasteiger partial charge on any atom is -0.508 e. The van der Waals surface area contributed by atoms with E-state index in [4.69, 9.17) is 0 Å². The van der Waals surface area contributed by atoms with E-state index in [0.717, 1.165) is 25.7 Å². The number of hydrogen-bond acceptors (Lipinski definition) is 2. The lowest BCUT2D eigenvalue weighted by molar-refractivity contribution is -0.0365. The second-order valence-corrected chi connectivity index (χ2v) is 7.54. The molecule has 0 aromatic heterocycles. The predicted octanol–water partition coefficient (Wildman–Crippen LogP) is 3.56. The van der Waals surface area contributed by atoms with Crippen LogP contribution < -0.4 is 0 Å². The van der Waals surface area contributed by atoms with Gasteiger partial charge in [-0.2, -0.15) is 0 Å². The molecule has 2 fully saturated rings. The Labute approximate surface area is 125 Å². The second-order valence-electron chi connectivity index (χ2n) is 7.54. The molecule has 0 aliphatic heterocycles. The lowest BCUT2D eigenvalue weighted by atomic mass is 9.55. The molecule has 3 heteroatoms. The van der Waals surface area contributed by atoms with Crippen LogP contribution in [0.4, 0.5) is 4.39 Å². The first-order valence-corrected chi connectivity index (χ1v) is 8.14. The Morgan fingerprint density at radius 1 is 1.29 bits per heavy atom. The third-order valence-corrected chi connectivity index (χ3v) is 6.65. The molecule has 2 saturated carbocycles. The minimum absolute atomic E-state index is 0.241. The second kappa shape index (κ2) is 4.45. The fourth-order valence-corrected chi connectivity index (χ4v) is 5.51. The minimum atomic E-state index is -1.06. The zero-order valence-electron chi connectivity index (χ0n) is 12.4. The van der Waals surface area contributed by atoms with E-state index in [1.54, 1.807) is 6.07 Å². The lowest BCUT2D eigenvalue weighted by Crippen LogP contribution is -2.44. The van der Waals surface area contributed by atoms with Crippen LogP contribution in [-0.4, -0.2) is 22.5 Å². The number of aliphatic hydroxyl groups is 1. The van der Waals surface area contributed by atoms with Gasteiger partial charge in [-0.05, 0) is 78.5 Å². The van der Waals surface area contributed by atoms with Crippen molar-refractivity contribution in [3.8, 4) is 5.75 Å². The van der Waals surface area contributed by atoms with Gasteiger partial charge in [0.25, 0.3) is 0 Å². The monoisotopic (exact) mass is 289 g/mol. The number of aryl methyl sites for hydroxylation is 1. The van der Waals surface area contributed by atoms with Crippen LogP contribution in [0.3, 0.4) is 0 Å². The highest BCUT2D eigenvalue weighted by Crippen LogP contribution is 2.61. The van der Waals surface area contributed by atoms with Gasteiger partial charge in [0.2, 0.25) is 0 Å². The molecule has 0 radical (unpaired) electrons. The maximum Gasteiger partial charge on any atom is 0.127 e. The van der Waals surface area contributed by atoms with Crippen LogP contribution in [0.1, 0.15) is 49.7 Å². The maximum absolute atomic E-state index is 14.1. The molecule has 0 amide bonds. The van der Waals surface area contributed by atoms with Crippen LogP contribution in [0, 0.1) is 17.3 Å². The summed E-state index contributed by atoms with van der Waals surface area (Å²) >= 11 is 0. The van der Waals surface area contributed by atoms with Gasteiger partial charge in [0.15, 0.2) is 0 Å². The Morgan fingerprint density at radius 2 is 2.10 bits per heavy atom. The first-order valence-electron chi connectivity index (χ1n) is 8.14. The van der Waals surface area contributed by atoms with Gasteiger partial charge >= 0.3 is 0 Å². The van der Waals surface area contributed by atoms with Crippen molar-refractivity contribution >= 4 is 0 Å². The Hall–Kier alpha value is -1.09. The summed E-state index contributed by atoms with van der Waals surface area (Å²) < 4.78 is 14.1. The molecule has 3 aliphatic carbocycles. The molecule has 0 spiro atoms. The molecule has 3 aliphatic rings. The summed E-state index contributed by atoms with van der Waals surface area (Å²) in [6.07, 6.45) is 2.63. The number of phenolic OH excluding ortho intramolecular Hbond substituents is 1. The van der Waals surface area contributed by atoms with E-state index in [1.165, 1.54) is 11.1 Å². The Bertz CT molecular complexity index is 572. The number of aliphatic hydroxyl groups excluding tert-OH is 1. The highest BCUT2D eigenvalue weighted by atomic mass is 18.2. The molecule has 2 unspecified atom stereocenters. The van der Waals surface area contributed by atoms with Gasteiger partial charge in [0.05, 0.1) is 6.10 Å². The van der Waals surface area contributed by atoms with Crippen molar-refractivity contribution in [3.05, 3.63) is 29.3 Å². The Balaban J connectivity index is 1.71. The highest BCUT2D eigenvalue weighted by Gasteiger charge is 2.58. The third-order valence-electron chi connectivity index (χ3n) is 6.65. The van der Waals surface area contributed by atoms with Gasteiger partial charge < -0.3 is 10.2 Å². The largest absolute Gasteiger partial charge is 0.508 e. The summed E-state index contributed by atoms with van der Waals surface area (Å²) in [5.41, 5.74) is 2.37. The molecule has 1 aromatic rings. The van der Waals surface area contributed by atoms with E-state index >= 15 is 0 Å². The van der Waals surface area contributed by atoms with Crippen LogP contribution in [0.2, 0.25) is 0 Å². The topological polar surface area (TPSA) is 40.5 Å². The smallest absolute Gasteiger partial charge is 0.127 e. The van der Waals surface area contributed by atoms with Crippen molar-refractivity contribution in [1.29, 1.82) is 0 Å². The molecule has 0 heterocycles. The van der Waals surface area contributed by atoms with E-state index < -0.39 is 12.3 Å². The van der Waals surface area contributed by atoms with E-state index in [1.807, 2.05) is 6.07 Å². The van der Waals surface area contributed by atoms with E-state index in [9.17, 15) is 14.6 Å². The number of fused-ring (bicyclic) bond motifs is 5. The average Bonchev–Trinajstić information content (AvgIpc) is 2.70. The summed E-state index contributed by atoms with van der Waals surface area (Å²) in [5, 5.41) is 19.9.